The average Bonchev–Trinajstić information content (AvgIpc) is 2.39. The second-order valence-corrected chi connectivity index (χ2v) is 7.36. The van der Waals surface area contributed by atoms with Crippen LogP contribution in [0.25, 0.3) is 0 Å². The van der Waals surface area contributed by atoms with Gasteiger partial charge in [-0.25, -0.2) is 8.42 Å². The summed E-state index contributed by atoms with van der Waals surface area (Å²) in [5.41, 5.74) is 1.65. The number of sulfonamides is 1. The molecule has 1 N–H and O–H groups in total. The van der Waals surface area contributed by atoms with E-state index in [-0.39, 0.29) is 11.5 Å². The van der Waals surface area contributed by atoms with Crippen LogP contribution in [0.1, 0.15) is 18.9 Å². The first-order chi connectivity index (χ1) is 8.95. The fourth-order valence-electron chi connectivity index (χ4n) is 2.06. The molecule has 1 aliphatic rings. The average molecular weight is 346 g/mol. The fraction of sp³-hybridized carbons (Fsp3) is 0.385. The van der Waals surface area contributed by atoms with E-state index < -0.39 is 10.0 Å². The highest BCUT2D eigenvalue weighted by Gasteiger charge is 2.27. The van der Waals surface area contributed by atoms with Gasteiger partial charge in [-0.3, -0.25) is 0 Å². The third-order valence-electron chi connectivity index (χ3n) is 3.09. The molecule has 4 nitrogen and oxygen atoms in total. The lowest BCUT2D eigenvalue weighted by Crippen LogP contribution is -2.35. The Bertz CT molecular complexity index is 610. The van der Waals surface area contributed by atoms with Crippen molar-refractivity contribution in [3.8, 4) is 0 Å². The standard InChI is InChI=1S/C13H16BrNO3S/c1-10-3-2-6-15(8-10)19(17,18)13-7-11(9-16)4-5-12(13)14/h3-5,7,16H,2,6,8-9H2,1H3. The third kappa shape index (κ3) is 3.08. The molecule has 0 fully saturated rings. The number of halogens is 1. The topological polar surface area (TPSA) is 57.6 Å². The Morgan fingerprint density at radius 3 is 2.79 bits per heavy atom. The molecule has 0 aliphatic carbocycles. The van der Waals surface area contributed by atoms with Crippen molar-refractivity contribution >= 4 is 26.0 Å². The quantitative estimate of drug-likeness (QED) is 0.855. The van der Waals surface area contributed by atoms with Crippen LogP contribution in [0, 0.1) is 0 Å². The van der Waals surface area contributed by atoms with Gasteiger partial charge in [0, 0.05) is 17.6 Å². The second kappa shape index (κ2) is 5.75. The molecule has 1 aromatic carbocycles. The van der Waals surface area contributed by atoms with Gasteiger partial charge in [-0.15, -0.1) is 0 Å². The molecule has 1 aromatic rings. The summed E-state index contributed by atoms with van der Waals surface area (Å²) in [6.45, 7) is 2.68. The van der Waals surface area contributed by atoms with Crippen LogP contribution in [0.4, 0.5) is 0 Å². The van der Waals surface area contributed by atoms with Crippen molar-refractivity contribution in [1.82, 2.24) is 4.31 Å². The summed E-state index contributed by atoms with van der Waals surface area (Å²) in [5.74, 6) is 0. The summed E-state index contributed by atoms with van der Waals surface area (Å²) in [7, 11) is -3.52. The summed E-state index contributed by atoms with van der Waals surface area (Å²) in [6.07, 6.45) is 2.80. The van der Waals surface area contributed by atoms with Crippen LogP contribution in [0.5, 0.6) is 0 Å². The molecule has 1 aliphatic heterocycles. The van der Waals surface area contributed by atoms with Gasteiger partial charge in [0.2, 0.25) is 10.0 Å². The molecule has 0 saturated carbocycles. The van der Waals surface area contributed by atoms with Crippen LogP contribution in [0.2, 0.25) is 0 Å². The summed E-state index contributed by atoms with van der Waals surface area (Å²) in [4.78, 5) is 0.216. The Hall–Kier alpha value is -0.690. The molecular weight excluding hydrogens is 330 g/mol. The van der Waals surface area contributed by atoms with Gasteiger partial charge in [-0.05, 0) is 47.0 Å². The highest BCUT2D eigenvalue weighted by Crippen LogP contribution is 2.28. The number of aliphatic hydroxyl groups is 1. The van der Waals surface area contributed by atoms with Crippen LogP contribution in [0.15, 0.2) is 39.2 Å². The molecule has 0 radical (unpaired) electrons. The van der Waals surface area contributed by atoms with Crippen molar-refractivity contribution in [2.75, 3.05) is 13.1 Å². The zero-order valence-electron chi connectivity index (χ0n) is 10.6. The van der Waals surface area contributed by atoms with Crippen LogP contribution < -0.4 is 0 Å². The van der Waals surface area contributed by atoms with Gasteiger partial charge in [0.05, 0.1) is 11.5 Å². The lowest BCUT2D eigenvalue weighted by Gasteiger charge is -2.26. The van der Waals surface area contributed by atoms with Gasteiger partial charge >= 0.3 is 0 Å². The van der Waals surface area contributed by atoms with Crippen LogP contribution in [0.3, 0.4) is 0 Å². The molecule has 0 spiro atoms. The Morgan fingerprint density at radius 2 is 2.16 bits per heavy atom. The summed E-state index contributed by atoms with van der Waals surface area (Å²) in [5, 5.41) is 9.14. The summed E-state index contributed by atoms with van der Waals surface area (Å²) < 4.78 is 27.2. The van der Waals surface area contributed by atoms with E-state index in [1.165, 1.54) is 10.4 Å². The molecule has 2 rings (SSSR count). The smallest absolute Gasteiger partial charge is 0.244 e. The van der Waals surface area contributed by atoms with Gasteiger partial charge in [0.15, 0.2) is 0 Å². The second-order valence-electron chi connectivity index (χ2n) is 4.60. The fourth-order valence-corrected chi connectivity index (χ4v) is 4.54. The molecule has 0 unspecified atom stereocenters. The van der Waals surface area contributed by atoms with Crippen molar-refractivity contribution in [2.24, 2.45) is 0 Å². The van der Waals surface area contributed by atoms with Gasteiger partial charge < -0.3 is 5.11 Å². The van der Waals surface area contributed by atoms with Crippen LogP contribution >= 0.6 is 15.9 Å². The molecule has 0 amide bonds. The van der Waals surface area contributed by atoms with Crippen molar-refractivity contribution in [2.45, 2.75) is 24.8 Å². The summed E-state index contributed by atoms with van der Waals surface area (Å²) >= 11 is 3.28. The van der Waals surface area contributed by atoms with Crippen LogP contribution in [-0.4, -0.2) is 30.9 Å². The molecular formula is C13H16BrNO3S. The zero-order valence-corrected chi connectivity index (χ0v) is 13.0. The van der Waals surface area contributed by atoms with Gasteiger partial charge in [-0.2, -0.15) is 4.31 Å². The number of benzene rings is 1. The summed E-state index contributed by atoms with van der Waals surface area (Å²) in [6, 6.07) is 4.88. The minimum Gasteiger partial charge on any atom is -0.392 e. The maximum Gasteiger partial charge on any atom is 0.244 e. The van der Waals surface area contributed by atoms with Crippen LogP contribution in [-0.2, 0) is 16.6 Å². The van der Waals surface area contributed by atoms with E-state index in [1.807, 2.05) is 6.92 Å². The number of hydrogen-bond acceptors (Lipinski definition) is 3. The number of aliphatic hydroxyl groups excluding tert-OH is 1. The SMILES string of the molecule is CC1=CCCN(S(=O)(=O)c2cc(CO)ccc2Br)C1. The molecule has 0 aromatic heterocycles. The molecule has 1 heterocycles. The normalized spacial score (nSPS) is 17.3. The van der Waals surface area contributed by atoms with E-state index in [2.05, 4.69) is 22.0 Å². The van der Waals surface area contributed by atoms with Crippen molar-refractivity contribution in [3.05, 3.63) is 39.9 Å². The van der Waals surface area contributed by atoms with Gasteiger partial charge in [-0.1, -0.05) is 17.7 Å². The van der Waals surface area contributed by atoms with E-state index in [0.717, 1.165) is 12.0 Å². The first kappa shape index (κ1) is 14.7. The molecule has 0 saturated heterocycles. The third-order valence-corrected chi connectivity index (χ3v) is 5.93. The van der Waals surface area contributed by atoms with Crippen molar-refractivity contribution in [3.63, 3.8) is 0 Å². The lowest BCUT2D eigenvalue weighted by molar-refractivity contribution is 0.281. The molecule has 104 valence electrons. The van der Waals surface area contributed by atoms with E-state index in [1.54, 1.807) is 12.1 Å². The molecule has 0 bridgehead atoms. The Labute approximate surface area is 121 Å². The Morgan fingerprint density at radius 1 is 1.42 bits per heavy atom. The monoisotopic (exact) mass is 345 g/mol. The van der Waals surface area contributed by atoms with E-state index in [4.69, 9.17) is 5.11 Å². The Kier molecular flexibility index (Phi) is 4.45. The van der Waals surface area contributed by atoms with Gasteiger partial charge in [0.1, 0.15) is 0 Å². The number of nitrogens with zero attached hydrogens (tertiary/aromatic N) is 1. The highest BCUT2D eigenvalue weighted by atomic mass is 79.9. The predicted molar refractivity (Wildman–Crippen MR) is 77.2 cm³/mol. The van der Waals surface area contributed by atoms with Crippen molar-refractivity contribution in [1.29, 1.82) is 0 Å². The number of rotatable bonds is 3. The highest BCUT2D eigenvalue weighted by molar-refractivity contribution is 9.10. The minimum atomic E-state index is -3.52. The largest absolute Gasteiger partial charge is 0.392 e. The lowest BCUT2D eigenvalue weighted by atomic mass is 10.2. The molecule has 0 atom stereocenters. The number of hydrogen-bond donors (Lipinski definition) is 1. The van der Waals surface area contributed by atoms with Gasteiger partial charge in [0.25, 0.3) is 0 Å². The van der Waals surface area contributed by atoms with Crippen molar-refractivity contribution < 1.29 is 13.5 Å². The van der Waals surface area contributed by atoms with E-state index in [9.17, 15) is 8.42 Å². The maximum atomic E-state index is 12.6. The maximum absolute atomic E-state index is 12.6. The van der Waals surface area contributed by atoms with E-state index >= 15 is 0 Å². The minimum absolute atomic E-state index is 0.172. The molecule has 6 heteroatoms. The first-order valence-electron chi connectivity index (χ1n) is 6.00. The molecule has 19 heavy (non-hydrogen) atoms. The Balaban J connectivity index is 2.42. The first-order valence-corrected chi connectivity index (χ1v) is 8.23. The zero-order chi connectivity index (χ0) is 14.0. The predicted octanol–water partition coefficient (Wildman–Crippen LogP) is 2.28. The van der Waals surface area contributed by atoms with E-state index in [0.29, 0.717) is 23.1 Å².